The predicted molar refractivity (Wildman–Crippen MR) is 53.3 cm³/mol. The van der Waals surface area contributed by atoms with E-state index in [9.17, 15) is 5.11 Å². The summed E-state index contributed by atoms with van der Waals surface area (Å²) in [5, 5.41) is 9.18. The normalized spacial score (nSPS) is 20.5. The molecule has 0 bridgehead atoms. The molecule has 0 aliphatic carbocycles. The molecule has 1 saturated heterocycles. The third-order valence-electron chi connectivity index (χ3n) is 2.23. The SMILES string of the molecule is CC.CC(C)N1CCC(O)CC1. The molecule has 0 saturated carbocycles. The zero-order chi connectivity index (χ0) is 9.56. The van der Waals surface area contributed by atoms with Crippen molar-refractivity contribution in [2.24, 2.45) is 0 Å². The Morgan fingerprint density at radius 1 is 1.17 bits per heavy atom. The number of likely N-dealkylation sites (tertiary alicyclic amines) is 1. The van der Waals surface area contributed by atoms with Crippen LogP contribution in [-0.4, -0.2) is 35.2 Å². The second kappa shape index (κ2) is 6.44. The first-order chi connectivity index (χ1) is 5.70. The fraction of sp³-hybridized carbons (Fsp3) is 1.00. The van der Waals surface area contributed by atoms with Gasteiger partial charge in [0.05, 0.1) is 6.10 Å². The lowest BCUT2D eigenvalue weighted by Crippen LogP contribution is -2.39. The van der Waals surface area contributed by atoms with Crippen LogP contribution >= 0.6 is 0 Å². The molecule has 1 N–H and O–H groups in total. The summed E-state index contributed by atoms with van der Waals surface area (Å²) in [6.07, 6.45) is 1.88. The summed E-state index contributed by atoms with van der Waals surface area (Å²) in [6, 6.07) is 0.646. The Bertz CT molecular complexity index is 96.0. The molecule has 0 aromatic carbocycles. The van der Waals surface area contributed by atoms with Gasteiger partial charge in [-0.3, -0.25) is 0 Å². The van der Waals surface area contributed by atoms with Crippen LogP contribution in [0.5, 0.6) is 0 Å². The van der Waals surface area contributed by atoms with Gasteiger partial charge in [0.25, 0.3) is 0 Å². The summed E-state index contributed by atoms with van der Waals surface area (Å²) in [5.41, 5.74) is 0. The van der Waals surface area contributed by atoms with Gasteiger partial charge in [-0.1, -0.05) is 13.8 Å². The van der Waals surface area contributed by atoms with Crippen LogP contribution in [0.3, 0.4) is 0 Å². The maximum absolute atomic E-state index is 9.18. The number of aliphatic hydroxyl groups is 1. The standard InChI is InChI=1S/C8H17NO.C2H6/c1-7(2)9-5-3-8(10)4-6-9;1-2/h7-8,10H,3-6H2,1-2H3;1-2H3. The van der Waals surface area contributed by atoms with E-state index in [1.807, 2.05) is 13.8 Å². The van der Waals surface area contributed by atoms with E-state index in [1.54, 1.807) is 0 Å². The summed E-state index contributed by atoms with van der Waals surface area (Å²) < 4.78 is 0. The molecule has 74 valence electrons. The fourth-order valence-electron chi connectivity index (χ4n) is 1.40. The molecule has 0 unspecified atom stereocenters. The number of aliphatic hydroxyl groups excluding tert-OH is 1. The molecular formula is C10H23NO. The Morgan fingerprint density at radius 3 is 1.92 bits per heavy atom. The van der Waals surface area contributed by atoms with Crippen molar-refractivity contribution in [2.45, 2.75) is 52.7 Å². The molecular weight excluding hydrogens is 150 g/mol. The minimum atomic E-state index is -0.0324. The lowest BCUT2D eigenvalue weighted by Gasteiger charge is -2.32. The number of piperidine rings is 1. The molecule has 0 aromatic rings. The van der Waals surface area contributed by atoms with Gasteiger partial charge in [0, 0.05) is 19.1 Å². The smallest absolute Gasteiger partial charge is 0.0564 e. The quantitative estimate of drug-likeness (QED) is 0.654. The molecule has 1 fully saturated rings. The molecule has 0 aromatic heterocycles. The van der Waals surface area contributed by atoms with Crippen molar-refractivity contribution in [1.29, 1.82) is 0 Å². The lowest BCUT2D eigenvalue weighted by atomic mass is 10.1. The maximum atomic E-state index is 9.18. The van der Waals surface area contributed by atoms with Crippen molar-refractivity contribution >= 4 is 0 Å². The van der Waals surface area contributed by atoms with E-state index in [0.29, 0.717) is 6.04 Å². The van der Waals surface area contributed by atoms with Crippen LogP contribution in [0.15, 0.2) is 0 Å². The van der Waals surface area contributed by atoms with E-state index in [2.05, 4.69) is 18.7 Å². The second-order valence-corrected chi connectivity index (χ2v) is 3.36. The Hall–Kier alpha value is -0.0800. The summed E-state index contributed by atoms with van der Waals surface area (Å²) in [4.78, 5) is 2.41. The van der Waals surface area contributed by atoms with Gasteiger partial charge in [-0.15, -0.1) is 0 Å². The van der Waals surface area contributed by atoms with Crippen LogP contribution in [-0.2, 0) is 0 Å². The Kier molecular flexibility index (Phi) is 6.39. The predicted octanol–water partition coefficient (Wildman–Crippen LogP) is 1.88. The van der Waals surface area contributed by atoms with E-state index in [0.717, 1.165) is 25.9 Å². The van der Waals surface area contributed by atoms with Crippen molar-refractivity contribution in [3.63, 3.8) is 0 Å². The molecule has 1 rings (SSSR count). The molecule has 0 radical (unpaired) electrons. The first-order valence-corrected chi connectivity index (χ1v) is 5.12. The van der Waals surface area contributed by atoms with Crippen LogP contribution in [0, 0.1) is 0 Å². The van der Waals surface area contributed by atoms with Crippen molar-refractivity contribution in [2.75, 3.05) is 13.1 Å². The third kappa shape index (κ3) is 4.07. The van der Waals surface area contributed by atoms with E-state index in [4.69, 9.17) is 0 Å². The number of hydrogen-bond donors (Lipinski definition) is 1. The average Bonchev–Trinajstić information content (AvgIpc) is 2.09. The average molecular weight is 173 g/mol. The fourth-order valence-corrected chi connectivity index (χ4v) is 1.40. The minimum Gasteiger partial charge on any atom is -0.393 e. The molecule has 12 heavy (non-hydrogen) atoms. The van der Waals surface area contributed by atoms with Gasteiger partial charge in [0.1, 0.15) is 0 Å². The highest BCUT2D eigenvalue weighted by Crippen LogP contribution is 2.11. The molecule has 0 spiro atoms. The molecule has 1 aliphatic rings. The highest BCUT2D eigenvalue weighted by molar-refractivity contribution is 4.72. The van der Waals surface area contributed by atoms with Gasteiger partial charge >= 0.3 is 0 Å². The molecule has 0 amide bonds. The second-order valence-electron chi connectivity index (χ2n) is 3.36. The summed E-state index contributed by atoms with van der Waals surface area (Å²) in [6.45, 7) is 10.5. The minimum absolute atomic E-state index is 0.0324. The van der Waals surface area contributed by atoms with Gasteiger partial charge in [-0.05, 0) is 26.7 Å². The van der Waals surface area contributed by atoms with Crippen LogP contribution in [0.4, 0.5) is 0 Å². The maximum Gasteiger partial charge on any atom is 0.0564 e. The van der Waals surface area contributed by atoms with E-state index >= 15 is 0 Å². The third-order valence-corrected chi connectivity index (χ3v) is 2.23. The van der Waals surface area contributed by atoms with Crippen LogP contribution in [0.25, 0.3) is 0 Å². The Labute approximate surface area is 76.6 Å². The summed E-state index contributed by atoms with van der Waals surface area (Å²) >= 11 is 0. The largest absolute Gasteiger partial charge is 0.393 e. The van der Waals surface area contributed by atoms with Crippen molar-refractivity contribution in [3.8, 4) is 0 Å². The summed E-state index contributed by atoms with van der Waals surface area (Å²) in [5.74, 6) is 0. The van der Waals surface area contributed by atoms with Gasteiger partial charge in [0.15, 0.2) is 0 Å². The van der Waals surface area contributed by atoms with E-state index in [1.165, 1.54) is 0 Å². The highest BCUT2D eigenvalue weighted by atomic mass is 16.3. The van der Waals surface area contributed by atoms with Crippen LogP contribution < -0.4 is 0 Å². The van der Waals surface area contributed by atoms with Crippen molar-refractivity contribution in [1.82, 2.24) is 4.90 Å². The van der Waals surface area contributed by atoms with E-state index < -0.39 is 0 Å². The number of hydrogen-bond acceptors (Lipinski definition) is 2. The van der Waals surface area contributed by atoms with Crippen LogP contribution in [0.2, 0.25) is 0 Å². The highest BCUT2D eigenvalue weighted by Gasteiger charge is 2.18. The number of rotatable bonds is 1. The lowest BCUT2D eigenvalue weighted by molar-refractivity contribution is 0.0685. The molecule has 2 heteroatoms. The number of nitrogens with zero attached hydrogens (tertiary/aromatic N) is 1. The Balaban J connectivity index is 0.000000561. The summed E-state index contributed by atoms with van der Waals surface area (Å²) in [7, 11) is 0. The van der Waals surface area contributed by atoms with Gasteiger partial charge in [-0.25, -0.2) is 0 Å². The first-order valence-electron chi connectivity index (χ1n) is 5.12. The van der Waals surface area contributed by atoms with Gasteiger partial charge < -0.3 is 10.0 Å². The van der Waals surface area contributed by atoms with Crippen molar-refractivity contribution in [3.05, 3.63) is 0 Å². The first kappa shape index (κ1) is 11.9. The zero-order valence-corrected chi connectivity index (χ0v) is 8.88. The van der Waals surface area contributed by atoms with Gasteiger partial charge in [0.2, 0.25) is 0 Å². The van der Waals surface area contributed by atoms with Crippen LogP contribution in [0.1, 0.15) is 40.5 Å². The molecule has 2 nitrogen and oxygen atoms in total. The zero-order valence-electron chi connectivity index (χ0n) is 8.88. The monoisotopic (exact) mass is 173 g/mol. The van der Waals surface area contributed by atoms with E-state index in [-0.39, 0.29) is 6.10 Å². The van der Waals surface area contributed by atoms with Gasteiger partial charge in [-0.2, -0.15) is 0 Å². The molecule has 1 heterocycles. The molecule has 1 aliphatic heterocycles. The topological polar surface area (TPSA) is 23.5 Å². The Morgan fingerprint density at radius 2 is 1.58 bits per heavy atom. The molecule has 0 atom stereocenters. The van der Waals surface area contributed by atoms with Crippen molar-refractivity contribution < 1.29 is 5.11 Å².